The van der Waals surface area contributed by atoms with E-state index in [1.165, 1.54) is 17.7 Å². The fourth-order valence-corrected chi connectivity index (χ4v) is 1.95. The zero-order valence-electron chi connectivity index (χ0n) is 11.9. The molecular weight excluding hydrogens is 270 g/mol. The predicted molar refractivity (Wildman–Crippen MR) is 81.7 cm³/mol. The fourth-order valence-electron chi connectivity index (χ4n) is 1.95. The van der Waals surface area contributed by atoms with E-state index in [2.05, 4.69) is 5.32 Å². The maximum absolute atomic E-state index is 12.3. The summed E-state index contributed by atoms with van der Waals surface area (Å²) < 4.78 is 6.66. The molecule has 3 N–H and O–H groups in total. The number of hydrogen-bond donors (Lipinski definition) is 2. The Labute approximate surface area is 122 Å². The number of carbonyl (C=O) groups excluding carboxylic acids is 1. The van der Waals surface area contributed by atoms with Crippen LogP contribution < -0.4 is 21.3 Å². The van der Waals surface area contributed by atoms with E-state index in [4.69, 9.17) is 10.5 Å². The third kappa shape index (κ3) is 3.22. The summed E-state index contributed by atoms with van der Waals surface area (Å²) in [7, 11) is 1.48. The number of aryl methyl sites for hydroxylation is 1. The third-order valence-corrected chi connectivity index (χ3v) is 3.05. The van der Waals surface area contributed by atoms with Crippen LogP contribution in [0.5, 0.6) is 5.75 Å². The number of amides is 1. The molecule has 110 valence electrons. The molecule has 0 spiro atoms. The lowest BCUT2D eigenvalue weighted by atomic mass is 10.1. The zero-order valence-corrected chi connectivity index (χ0v) is 11.9. The first kappa shape index (κ1) is 14.6. The van der Waals surface area contributed by atoms with Crippen LogP contribution in [0.1, 0.15) is 17.3 Å². The summed E-state index contributed by atoms with van der Waals surface area (Å²) in [6, 6.07) is 7.79. The predicted octanol–water partition coefficient (Wildman–Crippen LogP) is 1.71. The molecule has 0 bridgehead atoms. The van der Waals surface area contributed by atoms with Gasteiger partial charge in [0.15, 0.2) is 0 Å². The van der Waals surface area contributed by atoms with Crippen molar-refractivity contribution in [3.8, 4) is 5.75 Å². The topological polar surface area (TPSA) is 86.3 Å². The molecule has 1 amide bonds. The van der Waals surface area contributed by atoms with Crippen molar-refractivity contribution >= 4 is 17.3 Å². The van der Waals surface area contributed by atoms with E-state index in [1.807, 2.05) is 6.92 Å². The van der Waals surface area contributed by atoms with Crippen molar-refractivity contribution in [2.24, 2.45) is 0 Å². The molecule has 6 heteroatoms. The van der Waals surface area contributed by atoms with Crippen molar-refractivity contribution < 1.29 is 9.53 Å². The van der Waals surface area contributed by atoms with Gasteiger partial charge in [-0.3, -0.25) is 9.59 Å². The smallest absolute Gasteiger partial charge is 0.259 e. The van der Waals surface area contributed by atoms with E-state index < -0.39 is 0 Å². The summed E-state index contributed by atoms with van der Waals surface area (Å²) in [5, 5.41) is 2.73. The number of rotatable bonds is 4. The van der Waals surface area contributed by atoms with Gasteiger partial charge in [0.05, 0.1) is 18.4 Å². The monoisotopic (exact) mass is 287 g/mol. The van der Waals surface area contributed by atoms with Crippen molar-refractivity contribution in [2.75, 3.05) is 18.2 Å². The average molecular weight is 287 g/mol. The molecule has 1 aromatic carbocycles. The van der Waals surface area contributed by atoms with Gasteiger partial charge >= 0.3 is 0 Å². The summed E-state index contributed by atoms with van der Waals surface area (Å²) in [6.45, 7) is 2.39. The molecule has 21 heavy (non-hydrogen) atoms. The minimum Gasteiger partial charge on any atom is -0.496 e. The number of nitrogens with one attached hydrogen (secondary N) is 1. The summed E-state index contributed by atoms with van der Waals surface area (Å²) in [4.78, 5) is 23.8. The molecule has 1 heterocycles. The van der Waals surface area contributed by atoms with Crippen molar-refractivity contribution in [2.45, 2.75) is 13.5 Å². The quantitative estimate of drug-likeness (QED) is 0.838. The lowest BCUT2D eigenvalue weighted by Gasteiger charge is -2.11. The minimum absolute atomic E-state index is 0.111. The summed E-state index contributed by atoms with van der Waals surface area (Å²) >= 11 is 0. The van der Waals surface area contributed by atoms with Crippen molar-refractivity contribution in [3.05, 3.63) is 52.4 Å². The highest BCUT2D eigenvalue weighted by molar-refractivity contribution is 6.06. The van der Waals surface area contributed by atoms with Crippen LogP contribution in [0.2, 0.25) is 0 Å². The SMILES string of the molecule is CCn1cc(NC(=O)c2ccc(N)cc2OC)ccc1=O. The van der Waals surface area contributed by atoms with Crippen LogP contribution in [0.25, 0.3) is 0 Å². The number of ether oxygens (including phenoxy) is 1. The van der Waals surface area contributed by atoms with Gasteiger partial charge in [-0.15, -0.1) is 0 Å². The Balaban J connectivity index is 2.28. The summed E-state index contributed by atoms with van der Waals surface area (Å²) in [5.41, 5.74) is 6.98. The largest absolute Gasteiger partial charge is 0.496 e. The van der Waals surface area contributed by atoms with Gasteiger partial charge in [-0.2, -0.15) is 0 Å². The molecule has 0 aliphatic heterocycles. The molecule has 2 rings (SSSR count). The Bertz CT molecular complexity index is 722. The second kappa shape index (κ2) is 6.13. The van der Waals surface area contributed by atoms with Gasteiger partial charge < -0.3 is 20.4 Å². The third-order valence-electron chi connectivity index (χ3n) is 3.05. The number of hydrogen-bond acceptors (Lipinski definition) is 4. The molecule has 0 fully saturated rings. The molecule has 0 saturated carbocycles. The summed E-state index contributed by atoms with van der Waals surface area (Å²) in [5.74, 6) is 0.0736. The van der Waals surface area contributed by atoms with E-state index in [0.717, 1.165) is 0 Å². The maximum Gasteiger partial charge on any atom is 0.259 e. The van der Waals surface area contributed by atoms with Crippen LogP contribution in [-0.4, -0.2) is 17.6 Å². The highest BCUT2D eigenvalue weighted by Gasteiger charge is 2.13. The van der Waals surface area contributed by atoms with Crippen LogP contribution in [-0.2, 0) is 6.54 Å². The van der Waals surface area contributed by atoms with Crippen LogP contribution in [0, 0.1) is 0 Å². The number of anilines is 2. The Kier molecular flexibility index (Phi) is 4.27. The molecule has 2 aromatic rings. The minimum atomic E-state index is -0.326. The number of nitrogens with zero attached hydrogens (tertiary/aromatic N) is 1. The number of benzene rings is 1. The molecule has 6 nitrogen and oxygen atoms in total. The van der Waals surface area contributed by atoms with E-state index in [-0.39, 0.29) is 11.5 Å². The number of nitrogen functional groups attached to an aromatic ring is 1. The standard InChI is InChI=1S/C15H17N3O3/c1-3-18-9-11(5-7-14(18)19)17-15(20)12-6-4-10(16)8-13(12)21-2/h4-9H,3,16H2,1-2H3,(H,17,20). The molecule has 0 aliphatic rings. The highest BCUT2D eigenvalue weighted by atomic mass is 16.5. The lowest BCUT2D eigenvalue weighted by Crippen LogP contribution is -2.20. The average Bonchev–Trinajstić information content (AvgIpc) is 2.48. The van der Waals surface area contributed by atoms with Crippen molar-refractivity contribution in [1.29, 1.82) is 0 Å². The second-order valence-electron chi connectivity index (χ2n) is 4.46. The number of methoxy groups -OCH3 is 1. The number of carbonyl (C=O) groups is 1. The van der Waals surface area contributed by atoms with E-state index >= 15 is 0 Å². The Morgan fingerprint density at radius 2 is 2.10 bits per heavy atom. The molecule has 0 radical (unpaired) electrons. The van der Waals surface area contributed by atoms with Gasteiger partial charge in [0.25, 0.3) is 11.5 Å². The first-order chi connectivity index (χ1) is 10.0. The Hall–Kier alpha value is -2.76. The first-order valence-electron chi connectivity index (χ1n) is 6.50. The zero-order chi connectivity index (χ0) is 15.4. The molecule has 1 aromatic heterocycles. The molecular formula is C15H17N3O3. The molecule has 0 atom stereocenters. The van der Waals surface area contributed by atoms with Crippen molar-refractivity contribution in [3.63, 3.8) is 0 Å². The number of pyridine rings is 1. The summed E-state index contributed by atoms with van der Waals surface area (Å²) in [6.07, 6.45) is 1.60. The van der Waals surface area contributed by atoms with Gasteiger partial charge in [0.1, 0.15) is 5.75 Å². The van der Waals surface area contributed by atoms with Gasteiger partial charge in [-0.1, -0.05) is 0 Å². The van der Waals surface area contributed by atoms with Crippen LogP contribution in [0.4, 0.5) is 11.4 Å². The number of aromatic nitrogens is 1. The van der Waals surface area contributed by atoms with E-state index in [0.29, 0.717) is 29.2 Å². The van der Waals surface area contributed by atoms with Crippen molar-refractivity contribution in [1.82, 2.24) is 4.57 Å². The Morgan fingerprint density at radius 3 is 2.76 bits per heavy atom. The maximum atomic E-state index is 12.3. The van der Waals surface area contributed by atoms with E-state index in [9.17, 15) is 9.59 Å². The van der Waals surface area contributed by atoms with Gasteiger partial charge in [0, 0.05) is 30.6 Å². The van der Waals surface area contributed by atoms with Crippen LogP contribution in [0.3, 0.4) is 0 Å². The first-order valence-corrected chi connectivity index (χ1v) is 6.50. The fraction of sp³-hybridized carbons (Fsp3) is 0.200. The Morgan fingerprint density at radius 1 is 1.33 bits per heavy atom. The molecule has 0 unspecified atom stereocenters. The normalized spacial score (nSPS) is 10.2. The van der Waals surface area contributed by atoms with Crippen LogP contribution in [0.15, 0.2) is 41.3 Å². The highest BCUT2D eigenvalue weighted by Crippen LogP contribution is 2.22. The second-order valence-corrected chi connectivity index (χ2v) is 4.46. The van der Waals surface area contributed by atoms with Gasteiger partial charge in [0.2, 0.25) is 0 Å². The van der Waals surface area contributed by atoms with Gasteiger partial charge in [-0.05, 0) is 25.1 Å². The lowest BCUT2D eigenvalue weighted by molar-refractivity contribution is 0.102. The van der Waals surface area contributed by atoms with Crippen LogP contribution >= 0.6 is 0 Å². The van der Waals surface area contributed by atoms with E-state index in [1.54, 1.807) is 30.5 Å². The molecule has 0 saturated heterocycles. The van der Waals surface area contributed by atoms with Gasteiger partial charge in [-0.25, -0.2) is 0 Å². The molecule has 0 aliphatic carbocycles. The number of nitrogens with two attached hydrogens (primary N) is 1.